The van der Waals surface area contributed by atoms with Crippen LogP contribution >= 0.6 is 11.8 Å². The van der Waals surface area contributed by atoms with Gasteiger partial charge >= 0.3 is 11.9 Å². The van der Waals surface area contributed by atoms with Crippen molar-refractivity contribution < 1.29 is 19.1 Å². The van der Waals surface area contributed by atoms with E-state index in [2.05, 4.69) is 9.47 Å². The summed E-state index contributed by atoms with van der Waals surface area (Å²) >= 11 is 1.59. The van der Waals surface area contributed by atoms with Crippen LogP contribution in [0.3, 0.4) is 0 Å². The third-order valence-electron chi connectivity index (χ3n) is 2.11. The zero-order chi connectivity index (χ0) is 12.8. The highest BCUT2D eigenvalue weighted by molar-refractivity contribution is 7.99. The molecule has 0 bridgehead atoms. The third-order valence-corrected chi connectivity index (χ3v) is 2.99. The van der Waals surface area contributed by atoms with E-state index in [1.54, 1.807) is 30.0 Å². The first-order valence-electron chi connectivity index (χ1n) is 5.07. The summed E-state index contributed by atoms with van der Waals surface area (Å²) in [5.74, 6) is -0.194. The molecular formula is C12H14O4S. The Balaban J connectivity index is 3.21. The van der Waals surface area contributed by atoms with Crippen LogP contribution in [-0.2, 0) is 9.47 Å². The Labute approximate surface area is 104 Å². The molecule has 0 radical (unpaired) electrons. The van der Waals surface area contributed by atoms with Crippen molar-refractivity contribution in [3.63, 3.8) is 0 Å². The minimum Gasteiger partial charge on any atom is -0.465 e. The molecule has 0 saturated heterocycles. The van der Waals surface area contributed by atoms with E-state index in [4.69, 9.17) is 0 Å². The monoisotopic (exact) mass is 254 g/mol. The van der Waals surface area contributed by atoms with E-state index in [-0.39, 0.29) is 11.1 Å². The van der Waals surface area contributed by atoms with Gasteiger partial charge in [-0.3, -0.25) is 0 Å². The van der Waals surface area contributed by atoms with Crippen molar-refractivity contribution in [2.75, 3.05) is 20.0 Å². The highest BCUT2D eigenvalue weighted by atomic mass is 32.2. The van der Waals surface area contributed by atoms with E-state index in [1.165, 1.54) is 14.2 Å². The largest absolute Gasteiger partial charge is 0.465 e. The summed E-state index contributed by atoms with van der Waals surface area (Å²) < 4.78 is 9.27. The molecule has 0 spiro atoms. The summed E-state index contributed by atoms with van der Waals surface area (Å²) in [6.45, 7) is 2.01. The molecule has 5 heteroatoms. The Kier molecular flexibility index (Phi) is 5.03. The van der Waals surface area contributed by atoms with Crippen LogP contribution in [0.25, 0.3) is 0 Å². The quantitative estimate of drug-likeness (QED) is 0.610. The number of hydrogen-bond acceptors (Lipinski definition) is 5. The maximum Gasteiger partial charge on any atom is 0.338 e. The predicted octanol–water partition coefficient (Wildman–Crippen LogP) is 2.37. The number of carbonyl (C=O) groups excluding carboxylic acids is 2. The molecule has 0 atom stereocenters. The summed E-state index contributed by atoms with van der Waals surface area (Å²) in [7, 11) is 2.56. The number of hydrogen-bond donors (Lipinski definition) is 0. The number of ether oxygens (including phenoxy) is 2. The number of carbonyl (C=O) groups is 2. The first kappa shape index (κ1) is 13.6. The van der Waals surface area contributed by atoms with Gasteiger partial charge in [0.25, 0.3) is 0 Å². The summed E-state index contributed by atoms with van der Waals surface area (Å²) in [5.41, 5.74) is 0.456. The molecule has 92 valence electrons. The van der Waals surface area contributed by atoms with Crippen LogP contribution < -0.4 is 0 Å². The molecule has 0 saturated carbocycles. The Morgan fingerprint density at radius 3 is 2.24 bits per heavy atom. The van der Waals surface area contributed by atoms with Crippen LogP contribution in [0.4, 0.5) is 0 Å². The first-order valence-corrected chi connectivity index (χ1v) is 6.06. The molecular weight excluding hydrogens is 240 g/mol. The van der Waals surface area contributed by atoms with Gasteiger partial charge in [0.1, 0.15) is 0 Å². The lowest BCUT2D eigenvalue weighted by Gasteiger charge is -2.08. The van der Waals surface area contributed by atoms with Gasteiger partial charge in [-0.25, -0.2) is 9.59 Å². The average Bonchev–Trinajstić information content (AvgIpc) is 2.37. The second-order valence-electron chi connectivity index (χ2n) is 3.12. The Hall–Kier alpha value is -1.49. The summed E-state index contributed by atoms with van der Waals surface area (Å²) in [5, 5.41) is 0. The Morgan fingerprint density at radius 1 is 1.12 bits per heavy atom. The summed E-state index contributed by atoms with van der Waals surface area (Å²) in [6, 6.07) is 5.01. The van der Waals surface area contributed by atoms with Crippen LogP contribution in [0, 0.1) is 0 Å². The van der Waals surface area contributed by atoms with Gasteiger partial charge in [-0.1, -0.05) is 6.92 Å². The molecule has 0 fully saturated rings. The molecule has 1 rings (SSSR count). The van der Waals surface area contributed by atoms with Gasteiger partial charge in [0.05, 0.1) is 25.3 Å². The van der Waals surface area contributed by atoms with Gasteiger partial charge in [-0.15, -0.1) is 11.8 Å². The van der Waals surface area contributed by atoms with Gasteiger partial charge in [0, 0.05) is 4.90 Å². The molecule has 0 N–H and O–H groups in total. The normalized spacial score (nSPS) is 9.82. The standard InChI is InChI=1S/C12H14O4S/c1-4-17-8-5-6-9(11(13)15-2)10(7-8)12(14)16-3/h5-7H,4H2,1-3H3. The molecule has 1 aromatic carbocycles. The number of thioether (sulfide) groups is 1. The van der Waals surface area contributed by atoms with Crippen LogP contribution in [0.5, 0.6) is 0 Å². The summed E-state index contributed by atoms with van der Waals surface area (Å²) in [6.07, 6.45) is 0. The van der Waals surface area contributed by atoms with Crippen molar-refractivity contribution >= 4 is 23.7 Å². The van der Waals surface area contributed by atoms with E-state index < -0.39 is 11.9 Å². The molecule has 0 aromatic heterocycles. The Morgan fingerprint density at radius 2 is 1.71 bits per heavy atom. The first-order chi connectivity index (χ1) is 8.13. The van der Waals surface area contributed by atoms with E-state index in [0.29, 0.717) is 0 Å². The van der Waals surface area contributed by atoms with Gasteiger partial charge < -0.3 is 9.47 Å². The fourth-order valence-electron chi connectivity index (χ4n) is 1.35. The number of esters is 2. The van der Waals surface area contributed by atoms with Gasteiger partial charge in [0.2, 0.25) is 0 Å². The second-order valence-corrected chi connectivity index (χ2v) is 4.46. The topological polar surface area (TPSA) is 52.6 Å². The minimum atomic E-state index is -0.543. The van der Waals surface area contributed by atoms with E-state index in [0.717, 1.165) is 10.6 Å². The third kappa shape index (κ3) is 3.23. The van der Waals surface area contributed by atoms with Crippen molar-refractivity contribution in [1.82, 2.24) is 0 Å². The zero-order valence-corrected chi connectivity index (χ0v) is 10.8. The molecule has 17 heavy (non-hydrogen) atoms. The molecule has 0 amide bonds. The predicted molar refractivity (Wildman–Crippen MR) is 65.5 cm³/mol. The van der Waals surface area contributed by atoms with Crippen LogP contribution in [0.1, 0.15) is 27.6 Å². The highest BCUT2D eigenvalue weighted by Gasteiger charge is 2.18. The zero-order valence-electron chi connectivity index (χ0n) is 9.98. The van der Waals surface area contributed by atoms with Crippen molar-refractivity contribution in [1.29, 1.82) is 0 Å². The number of benzene rings is 1. The number of methoxy groups -OCH3 is 2. The number of rotatable bonds is 4. The van der Waals surface area contributed by atoms with Gasteiger partial charge in [0.15, 0.2) is 0 Å². The van der Waals surface area contributed by atoms with Gasteiger partial charge in [-0.05, 0) is 24.0 Å². The molecule has 0 aliphatic heterocycles. The molecule has 4 nitrogen and oxygen atoms in total. The van der Waals surface area contributed by atoms with Crippen molar-refractivity contribution in [2.45, 2.75) is 11.8 Å². The van der Waals surface area contributed by atoms with Gasteiger partial charge in [-0.2, -0.15) is 0 Å². The fraction of sp³-hybridized carbons (Fsp3) is 0.333. The minimum absolute atomic E-state index is 0.222. The van der Waals surface area contributed by atoms with Crippen LogP contribution in [-0.4, -0.2) is 31.9 Å². The van der Waals surface area contributed by atoms with E-state index in [9.17, 15) is 9.59 Å². The van der Waals surface area contributed by atoms with Crippen molar-refractivity contribution in [3.05, 3.63) is 29.3 Å². The van der Waals surface area contributed by atoms with Crippen molar-refractivity contribution in [2.24, 2.45) is 0 Å². The maximum atomic E-state index is 11.6. The molecule has 0 aliphatic carbocycles. The van der Waals surface area contributed by atoms with Crippen molar-refractivity contribution in [3.8, 4) is 0 Å². The molecule has 0 unspecified atom stereocenters. The SMILES string of the molecule is CCSc1ccc(C(=O)OC)c(C(=O)OC)c1. The lowest BCUT2D eigenvalue weighted by molar-refractivity contribution is 0.0555. The van der Waals surface area contributed by atoms with E-state index >= 15 is 0 Å². The lowest BCUT2D eigenvalue weighted by Crippen LogP contribution is -2.11. The second kappa shape index (κ2) is 6.30. The average molecular weight is 254 g/mol. The summed E-state index contributed by atoms with van der Waals surface area (Å²) in [4.78, 5) is 24.0. The lowest BCUT2D eigenvalue weighted by atomic mass is 10.1. The van der Waals surface area contributed by atoms with E-state index in [1.807, 2.05) is 6.92 Å². The van der Waals surface area contributed by atoms with Crippen LogP contribution in [0.15, 0.2) is 23.1 Å². The fourth-order valence-corrected chi connectivity index (χ4v) is 2.05. The smallest absolute Gasteiger partial charge is 0.338 e. The maximum absolute atomic E-state index is 11.6. The highest BCUT2D eigenvalue weighted by Crippen LogP contribution is 2.22. The molecule has 0 aliphatic rings. The van der Waals surface area contributed by atoms with Crippen LogP contribution in [0.2, 0.25) is 0 Å². The molecule has 1 aromatic rings. The molecule has 0 heterocycles. The Bertz CT molecular complexity index is 429.